The number of ether oxygens (including phenoxy) is 1. The molecule has 3 rings (SSSR count). The second-order valence-electron chi connectivity index (χ2n) is 5.98. The van der Waals surface area contributed by atoms with Crippen LogP contribution in [0.4, 0.5) is 11.4 Å². The molecular weight excluding hydrogens is 332 g/mol. The van der Waals surface area contributed by atoms with Gasteiger partial charge in [-0.25, -0.2) is 0 Å². The highest BCUT2D eigenvalue weighted by Gasteiger charge is 2.18. The van der Waals surface area contributed by atoms with Gasteiger partial charge in [-0.1, -0.05) is 42.5 Å². The molecule has 0 aliphatic heterocycles. The molecule has 0 heterocycles. The van der Waals surface area contributed by atoms with Gasteiger partial charge in [0.2, 0.25) is 0 Å². The van der Waals surface area contributed by atoms with Gasteiger partial charge in [0.25, 0.3) is 11.6 Å². The van der Waals surface area contributed by atoms with Gasteiger partial charge in [0.05, 0.1) is 10.6 Å². The van der Waals surface area contributed by atoms with Crippen LogP contribution in [0.3, 0.4) is 0 Å². The van der Waals surface area contributed by atoms with Crippen LogP contribution in [0.1, 0.15) is 12.5 Å². The van der Waals surface area contributed by atoms with Crippen molar-refractivity contribution in [1.82, 2.24) is 0 Å². The third kappa shape index (κ3) is 3.64. The third-order valence-electron chi connectivity index (χ3n) is 4.11. The number of nitro groups is 1. The van der Waals surface area contributed by atoms with Crippen molar-refractivity contribution in [3.8, 4) is 5.75 Å². The van der Waals surface area contributed by atoms with E-state index in [1.807, 2.05) is 42.5 Å². The zero-order chi connectivity index (χ0) is 18.7. The highest BCUT2D eigenvalue weighted by Crippen LogP contribution is 2.27. The third-order valence-corrected chi connectivity index (χ3v) is 4.11. The van der Waals surface area contributed by atoms with Crippen LogP contribution in [0.15, 0.2) is 60.7 Å². The lowest BCUT2D eigenvalue weighted by atomic mass is 10.1. The van der Waals surface area contributed by atoms with Crippen LogP contribution in [0, 0.1) is 17.0 Å². The fourth-order valence-electron chi connectivity index (χ4n) is 2.64. The molecule has 0 aliphatic rings. The van der Waals surface area contributed by atoms with Crippen LogP contribution in [-0.4, -0.2) is 16.9 Å². The first-order valence-electron chi connectivity index (χ1n) is 8.16. The minimum Gasteiger partial charge on any atom is -0.480 e. The molecule has 0 fully saturated rings. The maximum Gasteiger partial charge on any atom is 0.271 e. The summed E-state index contributed by atoms with van der Waals surface area (Å²) in [6, 6.07) is 17.7. The predicted octanol–water partition coefficient (Wildman–Crippen LogP) is 4.46. The van der Waals surface area contributed by atoms with Gasteiger partial charge in [0.15, 0.2) is 6.10 Å². The normalized spacial score (nSPS) is 11.8. The van der Waals surface area contributed by atoms with Gasteiger partial charge in [-0.15, -0.1) is 0 Å². The molecule has 1 atom stereocenters. The van der Waals surface area contributed by atoms with Gasteiger partial charge in [-0.3, -0.25) is 14.9 Å². The first kappa shape index (κ1) is 17.4. The van der Waals surface area contributed by atoms with E-state index in [1.165, 1.54) is 12.1 Å². The Balaban J connectivity index is 1.78. The number of nitro benzene ring substituents is 1. The van der Waals surface area contributed by atoms with Crippen LogP contribution in [-0.2, 0) is 4.79 Å². The molecular formula is C20H18N2O4. The number of carbonyl (C=O) groups excluding carboxylic acids is 1. The van der Waals surface area contributed by atoms with Gasteiger partial charge in [0.1, 0.15) is 5.75 Å². The summed E-state index contributed by atoms with van der Waals surface area (Å²) in [7, 11) is 0. The number of amides is 1. The molecule has 0 aromatic heterocycles. The second-order valence-corrected chi connectivity index (χ2v) is 5.98. The van der Waals surface area contributed by atoms with Crippen LogP contribution in [0.25, 0.3) is 10.8 Å². The topological polar surface area (TPSA) is 81.5 Å². The van der Waals surface area contributed by atoms with E-state index in [0.29, 0.717) is 11.4 Å². The monoisotopic (exact) mass is 350 g/mol. The van der Waals surface area contributed by atoms with Crippen molar-refractivity contribution in [2.45, 2.75) is 20.0 Å². The molecule has 0 saturated carbocycles. The maximum atomic E-state index is 12.5. The SMILES string of the molecule is Cc1ccc([N+](=O)[O-])cc1NC(=O)C(C)Oc1cccc2ccccc12. The van der Waals surface area contributed by atoms with Crippen LogP contribution in [0.5, 0.6) is 5.75 Å². The quantitative estimate of drug-likeness (QED) is 0.544. The molecule has 1 N–H and O–H groups in total. The summed E-state index contributed by atoms with van der Waals surface area (Å²) >= 11 is 0. The summed E-state index contributed by atoms with van der Waals surface area (Å²) in [6.07, 6.45) is -0.764. The number of aryl methyl sites for hydroxylation is 1. The van der Waals surface area contributed by atoms with Crippen molar-refractivity contribution in [1.29, 1.82) is 0 Å². The van der Waals surface area contributed by atoms with Gasteiger partial charge < -0.3 is 10.1 Å². The highest BCUT2D eigenvalue weighted by atomic mass is 16.6. The number of non-ortho nitro benzene ring substituents is 1. The number of anilines is 1. The van der Waals surface area contributed by atoms with Crippen molar-refractivity contribution in [3.05, 3.63) is 76.3 Å². The first-order valence-corrected chi connectivity index (χ1v) is 8.16. The number of benzene rings is 3. The summed E-state index contributed by atoms with van der Waals surface area (Å²) < 4.78 is 5.83. The summed E-state index contributed by atoms with van der Waals surface area (Å²) in [5.41, 5.74) is 1.06. The van der Waals surface area contributed by atoms with Crippen molar-refractivity contribution >= 4 is 28.1 Å². The Morgan fingerprint density at radius 1 is 1.12 bits per heavy atom. The van der Waals surface area contributed by atoms with Crippen molar-refractivity contribution < 1.29 is 14.5 Å². The minimum absolute atomic E-state index is 0.0754. The molecule has 6 heteroatoms. The van der Waals surface area contributed by atoms with Gasteiger partial charge in [-0.2, -0.15) is 0 Å². The van der Waals surface area contributed by atoms with E-state index in [0.717, 1.165) is 16.3 Å². The Labute approximate surface area is 150 Å². The number of nitrogens with zero attached hydrogens (tertiary/aromatic N) is 1. The zero-order valence-corrected chi connectivity index (χ0v) is 14.4. The number of fused-ring (bicyclic) bond motifs is 1. The molecule has 0 spiro atoms. The molecule has 26 heavy (non-hydrogen) atoms. The lowest BCUT2D eigenvalue weighted by molar-refractivity contribution is -0.384. The number of rotatable bonds is 5. The summed E-state index contributed by atoms with van der Waals surface area (Å²) in [6.45, 7) is 3.42. The van der Waals surface area contributed by atoms with Crippen molar-refractivity contribution in [2.24, 2.45) is 0 Å². The molecule has 6 nitrogen and oxygen atoms in total. The minimum atomic E-state index is -0.764. The Hall–Kier alpha value is -3.41. The molecule has 3 aromatic rings. The summed E-state index contributed by atoms with van der Waals surface area (Å²) in [5, 5.41) is 15.6. The van der Waals surface area contributed by atoms with E-state index in [9.17, 15) is 14.9 Å². The van der Waals surface area contributed by atoms with Gasteiger partial charge in [0, 0.05) is 17.5 Å². The number of hydrogen-bond acceptors (Lipinski definition) is 4. The molecule has 132 valence electrons. The van der Waals surface area contributed by atoms with E-state index in [2.05, 4.69) is 5.32 Å². The van der Waals surface area contributed by atoms with E-state index in [1.54, 1.807) is 19.9 Å². The maximum absolute atomic E-state index is 12.5. The van der Waals surface area contributed by atoms with Crippen LogP contribution < -0.4 is 10.1 Å². The Bertz CT molecular complexity index is 979. The molecule has 3 aromatic carbocycles. The number of hydrogen-bond donors (Lipinski definition) is 1. The van der Waals surface area contributed by atoms with E-state index >= 15 is 0 Å². The second kappa shape index (κ2) is 7.23. The molecule has 0 radical (unpaired) electrons. The molecule has 0 bridgehead atoms. The first-order chi connectivity index (χ1) is 12.5. The Morgan fingerprint density at radius 2 is 1.85 bits per heavy atom. The molecule has 1 amide bonds. The fourth-order valence-corrected chi connectivity index (χ4v) is 2.64. The molecule has 0 saturated heterocycles. The van der Waals surface area contributed by atoms with Crippen molar-refractivity contribution in [2.75, 3.05) is 5.32 Å². The van der Waals surface area contributed by atoms with Crippen molar-refractivity contribution in [3.63, 3.8) is 0 Å². The average molecular weight is 350 g/mol. The standard InChI is InChI=1S/C20H18N2O4/c1-13-10-11-16(22(24)25)12-18(13)21-20(23)14(2)26-19-9-5-7-15-6-3-4-8-17(15)19/h3-12,14H,1-2H3,(H,21,23). The zero-order valence-electron chi connectivity index (χ0n) is 14.4. The largest absolute Gasteiger partial charge is 0.480 e. The molecule has 0 aliphatic carbocycles. The summed E-state index contributed by atoms with van der Waals surface area (Å²) in [4.78, 5) is 22.9. The lowest BCUT2D eigenvalue weighted by Crippen LogP contribution is -2.30. The highest BCUT2D eigenvalue weighted by molar-refractivity contribution is 5.95. The van der Waals surface area contributed by atoms with Gasteiger partial charge in [-0.05, 0) is 30.9 Å². The molecule has 1 unspecified atom stereocenters. The van der Waals surface area contributed by atoms with Crippen LogP contribution in [0.2, 0.25) is 0 Å². The number of nitrogens with one attached hydrogen (secondary N) is 1. The van der Waals surface area contributed by atoms with Crippen LogP contribution >= 0.6 is 0 Å². The van der Waals surface area contributed by atoms with E-state index < -0.39 is 11.0 Å². The average Bonchev–Trinajstić information content (AvgIpc) is 2.63. The number of carbonyl (C=O) groups is 1. The van der Waals surface area contributed by atoms with E-state index in [-0.39, 0.29) is 11.6 Å². The Morgan fingerprint density at radius 3 is 2.62 bits per heavy atom. The van der Waals surface area contributed by atoms with Gasteiger partial charge >= 0.3 is 0 Å². The lowest BCUT2D eigenvalue weighted by Gasteiger charge is -2.17. The predicted molar refractivity (Wildman–Crippen MR) is 101 cm³/mol. The smallest absolute Gasteiger partial charge is 0.271 e. The Kier molecular flexibility index (Phi) is 4.84. The van der Waals surface area contributed by atoms with E-state index in [4.69, 9.17) is 4.74 Å². The fraction of sp³-hybridized carbons (Fsp3) is 0.150. The summed E-state index contributed by atoms with van der Waals surface area (Å²) in [5.74, 6) is 0.239.